The van der Waals surface area contributed by atoms with E-state index in [1.807, 2.05) is 68.4 Å². The van der Waals surface area contributed by atoms with Gasteiger partial charge in [-0.2, -0.15) is 10.1 Å². The Kier molecular flexibility index (Phi) is 11.0. The summed E-state index contributed by atoms with van der Waals surface area (Å²) in [6.45, 7) is 4.78. The van der Waals surface area contributed by atoms with Crippen molar-refractivity contribution in [2.24, 2.45) is 5.10 Å². The molecule has 0 aliphatic carbocycles. The van der Waals surface area contributed by atoms with Gasteiger partial charge in [0.2, 0.25) is 0 Å². The van der Waals surface area contributed by atoms with Crippen LogP contribution in [0.5, 0.6) is 0 Å². The van der Waals surface area contributed by atoms with E-state index in [2.05, 4.69) is 10.4 Å². The highest BCUT2D eigenvalue weighted by Gasteiger charge is 2.20. The second kappa shape index (κ2) is 14.2. The molecule has 9 heteroatoms. The van der Waals surface area contributed by atoms with Gasteiger partial charge in [0.05, 0.1) is 18.4 Å². The number of nitrogens with one attached hydrogen (secondary N) is 1. The topological polar surface area (TPSA) is 63.2 Å². The molecule has 0 unspecified atom stereocenters. The van der Waals surface area contributed by atoms with Gasteiger partial charge in [-0.05, 0) is 54.8 Å². The van der Waals surface area contributed by atoms with Crippen molar-refractivity contribution in [3.8, 4) is 0 Å². The first-order valence-electron chi connectivity index (χ1n) is 11.5. The van der Waals surface area contributed by atoms with Crippen LogP contribution in [0.15, 0.2) is 71.8 Å². The van der Waals surface area contributed by atoms with E-state index in [1.54, 1.807) is 18.3 Å². The van der Waals surface area contributed by atoms with Crippen LogP contribution in [0, 0.1) is 0 Å². The van der Waals surface area contributed by atoms with E-state index in [-0.39, 0.29) is 6.54 Å². The molecule has 0 bridgehead atoms. The van der Waals surface area contributed by atoms with Gasteiger partial charge in [-0.1, -0.05) is 77.3 Å². The molecule has 0 heterocycles. The lowest BCUT2D eigenvalue weighted by Gasteiger charge is -2.22. The molecule has 0 spiro atoms. The average Bonchev–Trinajstić information content (AvgIpc) is 2.87. The lowest BCUT2D eigenvalue weighted by molar-refractivity contribution is -0.131. The third-order valence-corrected chi connectivity index (χ3v) is 6.03. The largest absolute Gasteiger partial charge is 0.351 e. The molecule has 0 aliphatic rings. The normalized spacial score (nSPS) is 11.3. The summed E-state index contributed by atoms with van der Waals surface area (Å²) in [5.74, 6) is 0. The van der Waals surface area contributed by atoms with Crippen LogP contribution in [0.1, 0.15) is 30.5 Å². The van der Waals surface area contributed by atoms with Gasteiger partial charge in [-0.3, -0.25) is 0 Å². The van der Waals surface area contributed by atoms with E-state index >= 15 is 0 Å². The summed E-state index contributed by atoms with van der Waals surface area (Å²) in [5, 5.41) is 9.94. The first-order chi connectivity index (χ1) is 17.4. The second-order valence-electron chi connectivity index (χ2n) is 7.68. The minimum Gasteiger partial charge on any atom is -0.351 e. The van der Waals surface area contributed by atoms with Crippen LogP contribution < -0.4 is 10.3 Å². The molecular weight excluding hydrogens is 521 g/mol. The zero-order valence-corrected chi connectivity index (χ0v) is 22.4. The van der Waals surface area contributed by atoms with Crippen molar-refractivity contribution in [2.45, 2.75) is 26.6 Å². The number of hydrazone groups is 1. The fourth-order valence-corrected chi connectivity index (χ4v) is 4.11. The number of anilines is 1. The Hall–Kier alpha value is -2.61. The van der Waals surface area contributed by atoms with Crippen LogP contribution in [0.2, 0.25) is 15.1 Å². The Morgan fingerprint density at radius 1 is 0.972 bits per heavy atom. The Balaban J connectivity index is 1.87. The Morgan fingerprint density at radius 3 is 2.17 bits per heavy atom. The van der Waals surface area contributed by atoms with Crippen LogP contribution in [-0.4, -0.2) is 38.3 Å². The quantitative estimate of drug-likeness (QED) is 0.157. The molecule has 2 amide bonds. The molecular formula is C27H28Cl3N3O3. The number of carbonyl (C=O) groups excluding carboxylic acids is 1. The summed E-state index contributed by atoms with van der Waals surface area (Å²) in [5.41, 5.74) is 2.99. The van der Waals surface area contributed by atoms with Crippen molar-refractivity contribution in [2.75, 3.05) is 24.8 Å². The number of rotatable bonds is 11. The highest BCUT2D eigenvalue weighted by molar-refractivity contribution is 6.36. The van der Waals surface area contributed by atoms with Crippen molar-refractivity contribution < 1.29 is 14.3 Å². The van der Waals surface area contributed by atoms with Gasteiger partial charge in [0.25, 0.3) is 0 Å². The highest BCUT2D eigenvalue weighted by Crippen LogP contribution is 2.33. The van der Waals surface area contributed by atoms with Crippen molar-refractivity contribution in [3.63, 3.8) is 0 Å². The molecule has 6 nitrogen and oxygen atoms in total. The van der Waals surface area contributed by atoms with Crippen molar-refractivity contribution in [1.82, 2.24) is 5.32 Å². The summed E-state index contributed by atoms with van der Waals surface area (Å²) in [7, 11) is 0. The van der Waals surface area contributed by atoms with Gasteiger partial charge in [-0.15, -0.1) is 0 Å². The minimum atomic E-state index is -0.571. The molecule has 0 aliphatic heterocycles. The number of benzene rings is 3. The maximum Gasteiger partial charge on any atom is 0.342 e. The maximum absolute atomic E-state index is 13.2. The van der Waals surface area contributed by atoms with Crippen molar-refractivity contribution in [1.29, 1.82) is 0 Å². The Bertz CT molecular complexity index is 1130. The summed E-state index contributed by atoms with van der Waals surface area (Å²) in [6.07, 6.45) is 1.53. The smallest absolute Gasteiger partial charge is 0.342 e. The van der Waals surface area contributed by atoms with Crippen LogP contribution in [-0.2, 0) is 15.9 Å². The molecule has 0 radical (unpaired) electrons. The molecule has 0 saturated heterocycles. The van der Waals surface area contributed by atoms with Crippen molar-refractivity contribution in [3.05, 3.63) is 98.5 Å². The van der Waals surface area contributed by atoms with Crippen LogP contribution in [0.3, 0.4) is 0 Å². The molecule has 1 N–H and O–H groups in total. The van der Waals surface area contributed by atoms with Gasteiger partial charge < -0.3 is 14.8 Å². The molecule has 0 atom stereocenters. The van der Waals surface area contributed by atoms with Crippen LogP contribution in [0.4, 0.5) is 10.5 Å². The number of ether oxygens (including phenoxy) is 2. The zero-order valence-electron chi connectivity index (χ0n) is 20.1. The predicted octanol–water partition coefficient (Wildman–Crippen LogP) is 7.19. The number of urea groups is 1. The van der Waals surface area contributed by atoms with E-state index in [0.29, 0.717) is 40.4 Å². The molecule has 190 valence electrons. The lowest BCUT2D eigenvalue weighted by atomic mass is 10.0. The Morgan fingerprint density at radius 2 is 1.58 bits per heavy atom. The number of carbonyl (C=O) groups is 1. The molecule has 0 aromatic heterocycles. The molecule has 3 aromatic rings. The fraction of sp³-hybridized carbons (Fsp3) is 0.259. The van der Waals surface area contributed by atoms with Crippen LogP contribution >= 0.6 is 34.8 Å². The highest BCUT2D eigenvalue weighted by atomic mass is 35.5. The molecule has 0 saturated carbocycles. The van der Waals surface area contributed by atoms with Gasteiger partial charge in [0.1, 0.15) is 0 Å². The minimum absolute atomic E-state index is 0.147. The van der Waals surface area contributed by atoms with E-state index in [0.717, 1.165) is 16.7 Å². The monoisotopic (exact) mass is 547 g/mol. The molecule has 0 fully saturated rings. The number of nitrogens with zero attached hydrogens (tertiary/aromatic N) is 2. The lowest BCUT2D eigenvalue weighted by Crippen LogP contribution is -2.42. The summed E-state index contributed by atoms with van der Waals surface area (Å²) in [4.78, 5) is 13.2. The number of hydrogen-bond acceptors (Lipinski definition) is 4. The second-order valence-corrected chi connectivity index (χ2v) is 8.94. The van der Waals surface area contributed by atoms with Crippen LogP contribution in [0.25, 0.3) is 0 Å². The third kappa shape index (κ3) is 8.22. The van der Waals surface area contributed by atoms with E-state index in [1.165, 1.54) is 5.01 Å². The average molecular weight is 549 g/mol. The fourth-order valence-electron chi connectivity index (χ4n) is 3.37. The van der Waals surface area contributed by atoms with E-state index in [4.69, 9.17) is 44.3 Å². The molecule has 3 aromatic carbocycles. The van der Waals surface area contributed by atoms with Gasteiger partial charge in [0.15, 0.2) is 6.29 Å². The van der Waals surface area contributed by atoms with Gasteiger partial charge in [0, 0.05) is 34.7 Å². The summed E-state index contributed by atoms with van der Waals surface area (Å²) in [6, 6.07) is 19.8. The van der Waals surface area contributed by atoms with E-state index < -0.39 is 12.3 Å². The first kappa shape index (κ1) is 28.0. The van der Waals surface area contributed by atoms with Gasteiger partial charge in [-0.25, -0.2) is 4.79 Å². The predicted molar refractivity (Wildman–Crippen MR) is 148 cm³/mol. The van der Waals surface area contributed by atoms with Crippen molar-refractivity contribution >= 4 is 52.7 Å². The van der Waals surface area contributed by atoms with E-state index in [9.17, 15) is 4.79 Å². The summed E-state index contributed by atoms with van der Waals surface area (Å²) < 4.78 is 11.0. The zero-order chi connectivity index (χ0) is 25.9. The third-order valence-electron chi connectivity index (χ3n) is 5.10. The van der Waals surface area contributed by atoms with Gasteiger partial charge >= 0.3 is 6.03 Å². The number of hydrogen-bond donors (Lipinski definition) is 1. The summed E-state index contributed by atoms with van der Waals surface area (Å²) >= 11 is 19.3. The SMILES string of the molecule is CCOC(CNC(=O)N(/N=C/c1ccccc1)c1cc(Cl)c(Cc2ccc(Cl)cc2)c(Cl)c1)OCC. The standard InChI is InChI=1S/C27H28Cl3N3O3/c1-3-35-26(36-4-2)18-31-27(34)33(32-17-20-8-6-5-7-9-20)22-15-24(29)23(25(30)16-22)14-19-10-12-21(28)13-11-19/h5-13,15-17,26H,3-4,14,18H2,1-2H3,(H,31,34)/b32-17+. The Labute approximate surface area is 226 Å². The number of halogens is 3. The first-order valence-corrected chi connectivity index (χ1v) is 12.7. The number of amides is 2. The molecule has 3 rings (SSSR count). The maximum atomic E-state index is 13.2. The molecule has 36 heavy (non-hydrogen) atoms.